The van der Waals surface area contributed by atoms with Crippen molar-refractivity contribution in [2.75, 3.05) is 10.6 Å². The summed E-state index contributed by atoms with van der Waals surface area (Å²) in [5, 5.41) is 9.73. The van der Waals surface area contributed by atoms with Gasteiger partial charge < -0.3 is 16.0 Å². The first-order chi connectivity index (χ1) is 11.0. The Bertz CT molecular complexity index is 563. The molecule has 23 heavy (non-hydrogen) atoms. The fourth-order valence-electron chi connectivity index (χ4n) is 3.86. The van der Waals surface area contributed by atoms with Crippen LogP contribution in [0.4, 0.5) is 15.8 Å². The van der Waals surface area contributed by atoms with Crippen molar-refractivity contribution in [3.05, 3.63) is 24.0 Å². The van der Waals surface area contributed by atoms with E-state index < -0.39 is 0 Å². The summed E-state index contributed by atoms with van der Waals surface area (Å²) in [7, 11) is 0. The van der Waals surface area contributed by atoms with Gasteiger partial charge in [0.25, 0.3) is 0 Å². The van der Waals surface area contributed by atoms with Crippen molar-refractivity contribution in [2.45, 2.75) is 64.1 Å². The molecule has 0 aromatic heterocycles. The smallest absolute Gasteiger partial charge is 0.224 e. The molecule has 126 valence electrons. The zero-order valence-corrected chi connectivity index (χ0v) is 13.9. The Morgan fingerprint density at radius 2 is 1.96 bits per heavy atom. The molecule has 3 N–H and O–H groups in total. The van der Waals surface area contributed by atoms with Crippen LogP contribution in [0.15, 0.2) is 18.2 Å². The van der Waals surface area contributed by atoms with E-state index in [1.165, 1.54) is 25.0 Å². The number of piperidine rings is 1. The van der Waals surface area contributed by atoms with Gasteiger partial charge in [-0.05, 0) is 63.6 Å². The Morgan fingerprint density at radius 3 is 2.61 bits per heavy atom. The molecule has 2 heterocycles. The number of rotatable bonds is 5. The summed E-state index contributed by atoms with van der Waals surface area (Å²) >= 11 is 0. The molecule has 1 aromatic carbocycles. The van der Waals surface area contributed by atoms with Crippen LogP contribution in [0.5, 0.6) is 0 Å². The van der Waals surface area contributed by atoms with Crippen LogP contribution in [0.25, 0.3) is 0 Å². The van der Waals surface area contributed by atoms with Crippen molar-refractivity contribution in [1.29, 1.82) is 0 Å². The van der Waals surface area contributed by atoms with Crippen molar-refractivity contribution in [1.82, 2.24) is 5.32 Å². The molecular weight excluding hydrogens is 293 g/mol. The maximum atomic E-state index is 13.4. The molecule has 5 heteroatoms. The minimum atomic E-state index is -0.305. The van der Waals surface area contributed by atoms with Crippen molar-refractivity contribution in [3.8, 4) is 0 Å². The molecule has 1 amide bonds. The number of amides is 1. The maximum Gasteiger partial charge on any atom is 0.224 e. The van der Waals surface area contributed by atoms with Crippen LogP contribution in [-0.4, -0.2) is 24.0 Å². The van der Waals surface area contributed by atoms with E-state index in [1.54, 1.807) is 6.07 Å². The van der Waals surface area contributed by atoms with Crippen LogP contribution in [0.2, 0.25) is 0 Å². The predicted octanol–water partition coefficient (Wildman–Crippen LogP) is 3.51. The van der Waals surface area contributed by atoms with Crippen LogP contribution >= 0.6 is 0 Å². The van der Waals surface area contributed by atoms with Crippen LogP contribution in [0, 0.1) is 11.7 Å². The van der Waals surface area contributed by atoms with E-state index in [2.05, 4.69) is 16.0 Å². The van der Waals surface area contributed by atoms with Gasteiger partial charge in [-0.2, -0.15) is 0 Å². The van der Waals surface area contributed by atoms with Crippen molar-refractivity contribution < 1.29 is 9.18 Å². The molecule has 4 nitrogen and oxygen atoms in total. The molecule has 0 spiro atoms. The summed E-state index contributed by atoms with van der Waals surface area (Å²) in [6.07, 6.45) is 5.20. The molecule has 2 unspecified atom stereocenters. The second-order valence-corrected chi connectivity index (χ2v) is 7.22. The van der Waals surface area contributed by atoms with E-state index in [4.69, 9.17) is 0 Å². The topological polar surface area (TPSA) is 53.2 Å². The van der Waals surface area contributed by atoms with E-state index in [1.807, 2.05) is 13.8 Å². The lowest BCUT2D eigenvalue weighted by molar-refractivity contribution is -0.117. The summed E-state index contributed by atoms with van der Waals surface area (Å²) in [6.45, 7) is 3.97. The Labute approximate surface area is 137 Å². The van der Waals surface area contributed by atoms with Crippen molar-refractivity contribution in [2.24, 2.45) is 5.92 Å². The normalized spacial score (nSPS) is 26.3. The first-order valence-corrected chi connectivity index (χ1v) is 8.61. The fraction of sp³-hybridized carbons (Fsp3) is 0.611. The lowest BCUT2D eigenvalue weighted by Gasteiger charge is -2.28. The number of nitrogens with one attached hydrogen (secondary N) is 3. The minimum Gasteiger partial charge on any atom is -0.381 e. The molecule has 1 aromatic rings. The van der Waals surface area contributed by atoms with Gasteiger partial charge in [0.05, 0.1) is 11.4 Å². The van der Waals surface area contributed by atoms with E-state index in [0.29, 0.717) is 35.8 Å². The van der Waals surface area contributed by atoms with Gasteiger partial charge in [0.1, 0.15) is 5.82 Å². The van der Waals surface area contributed by atoms with E-state index in [0.717, 1.165) is 12.8 Å². The average Bonchev–Trinajstić information content (AvgIpc) is 2.80. The van der Waals surface area contributed by atoms with Crippen LogP contribution in [0.1, 0.15) is 46.0 Å². The van der Waals surface area contributed by atoms with Crippen LogP contribution < -0.4 is 16.0 Å². The number of hydrogen-bond donors (Lipinski definition) is 3. The number of benzene rings is 1. The van der Waals surface area contributed by atoms with Crippen LogP contribution in [0.3, 0.4) is 0 Å². The Kier molecular flexibility index (Phi) is 4.85. The van der Waals surface area contributed by atoms with Crippen molar-refractivity contribution in [3.63, 3.8) is 0 Å². The molecule has 2 fully saturated rings. The molecule has 3 rings (SSSR count). The zero-order chi connectivity index (χ0) is 16.4. The third kappa shape index (κ3) is 4.22. The first-order valence-electron chi connectivity index (χ1n) is 8.61. The van der Waals surface area contributed by atoms with Gasteiger partial charge in [-0.15, -0.1) is 0 Å². The molecule has 2 aliphatic heterocycles. The summed E-state index contributed by atoms with van der Waals surface area (Å²) in [5.74, 6) is 0.173. The predicted molar refractivity (Wildman–Crippen MR) is 91.1 cm³/mol. The summed E-state index contributed by atoms with van der Waals surface area (Å²) in [5.41, 5.74) is 1.29. The summed E-state index contributed by atoms with van der Waals surface area (Å²) < 4.78 is 13.4. The SMILES string of the molecule is CC(C)Nc1cc(F)ccc1NC(=O)CC1CC2CCC(C1)N2. The molecule has 0 saturated carbocycles. The van der Waals surface area contributed by atoms with Crippen LogP contribution in [-0.2, 0) is 4.79 Å². The minimum absolute atomic E-state index is 0.0229. The Morgan fingerprint density at radius 1 is 1.26 bits per heavy atom. The van der Waals surface area contributed by atoms with Gasteiger partial charge in [0.15, 0.2) is 0 Å². The first kappa shape index (κ1) is 16.2. The van der Waals surface area contributed by atoms with Gasteiger partial charge in [-0.3, -0.25) is 4.79 Å². The lowest BCUT2D eigenvalue weighted by atomic mass is 9.89. The van der Waals surface area contributed by atoms with E-state index in [9.17, 15) is 9.18 Å². The van der Waals surface area contributed by atoms with Gasteiger partial charge >= 0.3 is 0 Å². The van der Waals surface area contributed by atoms with Gasteiger partial charge in [-0.25, -0.2) is 4.39 Å². The second-order valence-electron chi connectivity index (χ2n) is 7.22. The standard InChI is InChI=1S/C18H26FN3O/c1-11(2)20-17-10-13(19)3-6-16(17)22-18(23)9-12-7-14-4-5-15(8-12)21-14/h3,6,10-12,14-15,20-21H,4-5,7-9H2,1-2H3,(H,22,23). The summed E-state index contributed by atoms with van der Waals surface area (Å²) in [4.78, 5) is 12.4. The highest BCUT2D eigenvalue weighted by Crippen LogP contribution is 2.33. The number of anilines is 2. The molecule has 2 aliphatic rings. The Hall–Kier alpha value is -1.62. The fourth-order valence-corrected chi connectivity index (χ4v) is 3.86. The highest BCUT2D eigenvalue weighted by atomic mass is 19.1. The van der Waals surface area contributed by atoms with E-state index in [-0.39, 0.29) is 17.8 Å². The number of hydrogen-bond acceptors (Lipinski definition) is 3. The van der Waals surface area contributed by atoms with Gasteiger partial charge in [-0.1, -0.05) is 0 Å². The molecule has 2 atom stereocenters. The average molecular weight is 319 g/mol. The highest BCUT2D eigenvalue weighted by Gasteiger charge is 2.34. The molecule has 0 radical (unpaired) electrons. The van der Waals surface area contributed by atoms with Gasteiger partial charge in [0.2, 0.25) is 5.91 Å². The lowest BCUT2D eigenvalue weighted by Crippen LogP contribution is -2.39. The number of halogens is 1. The third-order valence-electron chi connectivity index (χ3n) is 4.74. The van der Waals surface area contributed by atoms with E-state index >= 15 is 0 Å². The molecule has 2 saturated heterocycles. The summed E-state index contributed by atoms with van der Waals surface area (Å²) in [6, 6.07) is 5.80. The number of fused-ring (bicyclic) bond motifs is 2. The molecule has 2 bridgehead atoms. The quantitative estimate of drug-likeness (QED) is 0.778. The third-order valence-corrected chi connectivity index (χ3v) is 4.74. The van der Waals surface area contributed by atoms with Gasteiger partial charge in [0, 0.05) is 24.5 Å². The number of carbonyl (C=O) groups excluding carboxylic acids is 1. The molecule has 0 aliphatic carbocycles. The second kappa shape index (κ2) is 6.87. The molecular formula is C18H26FN3O. The zero-order valence-electron chi connectivity index (χ0n) is 13.9. The maximum absolute atomic E-state index is 13.4. The van der Waals surface area contributed by atoms with Crippen molar-refractivity contribution >= 4 is 17.3 Å². The number of carbonyl (C=O) groups is 1. The highest BCUT2D eigenvalue weighted by molar-refractivity contribution is 5.94. The Balaban J connectivity index is 1.61. The monoisotopic (exact) mass is 319 g/mol. The largest absolute Gasteiger partial charge is 0.381 e.